The van der Waals surface area contributed by atoms with E-state index in [1.165, 1.54) is 25.1 Å². The van der Waals surface area contributed by atoms with Gasteiger partial charge < -0.3 is 14.7 Å². The summed E-state index contributed by atoms with van der Waals surface area (Å²) in [5.41, 5.74) is -2.97. The van der Waals surface area contributed by atoms with E-state index in [1.54, 1.807) is 0 Å². The number of benzene rings is 1. The van der Waals surface area contributed by atoms with E-state index >= 15 is 0 Å². The van der Waals surface area contributed by atoms with E-state index in [9.17, 15) is 27.2 Å². The lowest BCUT2D eigenvalue weighted by molar-refractivity contribution is -0.227. The Morgan fingerprint density at radius 2 is 2.04 bits per heavy atom. The molecule has 0 aromatic heterocycles. The van der Waals surface area contributed by atoms with Crippen LogP contribution in [0.5, 0.6) is 5.75 Å². The number of likely N-dealkylation sites (tertiary alicyclic amines) is 1. The number of carbonyl (C=O) groups is 2. The zero-order chi connectivity index (χ0) is 18.1. The Labute approximate surface area is 134 Å². The number of ether oxygens (including phenoxy) is 1. The minimum Gasteiger partial charge on any atom is -0.481 e. The molecule has 1 saturated heterocycles. The Balaban J connectivity index is 2.09. The van der Waals surface area contributed by atoms with Crippen molar-refractivity contribution in [1.29, 1.82) is 0 Å². The average Bonchev–Trinajstić information content (AvgIpc) is 2.92. The fourth-order valence-electron chi connectivity index (χ4n) is 2.58. The van der Waals surface area contributed by atoms with Gasteiger partial charge in [0, 0.05) is 19.2 Å². The van der Waals surface area contributed by atoms with Gasteiger partial charge in [0.05, 0.1) is 0 Å². The highest BCUT2D eigenvalue weighted by Gasteiger charge is 2.64. The SMILES string of the molecule is CC(Oc1cccc(F)c1)C(=O)N1CCC(C(=O)O)(C(F)(F)F)C1. The Morgan fingerprint density at radius 3 is 2.54 bits per heavy atom. The standard InChI is InChI=1S/C15H15F4NO4/c1-9(24-11-4-2-3-10(16)7-11)12(21)20-6-5-14(8-20,13(22)23)15(17,18)19/h2-4,7,9H,5-6,8H2,1H3,(H,22,23). The Hall–Kier alpha value is -2.32. The number of aliphatic carboxylic acids is 1. The second kappa shape index (κ2) is 6.29. The second-order valence-corrected chi connectivity index (χ2v) is 5.61. The molecule has 1 heterocycles. The third-order valence-corrected chi connectivity index (χ3v) is 3.99. The summed E-state index contributed by atoms with van der Waals surface area (Å²) in [6.07, 6.45) is -6.87. The molecule has 5 nitrogen and oxygen atoms in total. The van der Waals surface area contributed by atoms with Crippen molar-refractivity contribution in [1.82, 2.24) is 4.90 Å². The van der Waals surface area contributed by atoms with Gasteiger partial charge in [-0.1, -0.05) is 6.07 Å². The van der Waals surface area contributed by atoms with Crippen molar-refractivity contribution in [3.63, 3.8) is 0 Å². The lowest BCUT2D eigenvalue weighted by Crippen LogP contribution is -2.49. The van der Waals surface area contributed by atoms with Gasteiger partial charge in [-0.2, -0.15) is 13.2 Å². The van der Waals surface area contributed by atoms with Crippen LogP contribution in [0.25, 0.3) is 0 Å². The quantitative estimate of drug-likeness (QED) is 0.848. The maximum atomic E-state index is 13.1. The molecule has 1 N–H and O–H groups in total. The van der Waals surface area contributed by atoms with Crippen LogP contribution < -0.4 is 4.74 Å². The van der Waals surface area contributed by atoms with Crippen LogP contribution in [0.2, 0.25) is 0 Å². The van der Waals surface area contributed by atoms with Crippen LogP contribution in [0, 0.1) is 11.2 Å². The molecule has 2 atom stereocenters. The normalized spacial score (nSPS) is 22.3. The van der Waals surface area contributed by atoms with E-state index in [1.807, 2.05) is 0 Å². The topological polar surface area (TPSA) is 66.8 Å². The first-order chi connectivity index (χ1) is 11.1. The summed E-state index contributed by atoms with van der Waals surface area (Å²) in [5, 5.41) is 8.97. The van der Waals surface area contributed by atoms with Gasteiger partial charge in [0.15, 0.2) is 11.5 Å². The summed E-state index contributed by atoms with van der Waals surface area (Å²) >= 11 is 0. The molecule has 1 fully saturated rings. The van der Waals surface area contributed by atoms with Gasteiger partial charge in [-0.05, 0) is 25.5 Å². The number of alkyl halides is 3. The number of amides is 1. The number of rotatable bonds is 4. The molecule has 2 rings (SSSR count). The number of carboxylic acids is 1. The molecular weight excluding hydrogens is 334 g/mol. The van der Waals surface area contributed by atoms with Crippen molar-refractivity contribution in [3.8, 4) is 5.75 Å². The summed E-state index contributed by atoms with van der Waals surface area (Å²) in [6.45, 7) is -0.00932. The summed E-state index contributed by atoms with van der Waals surface area (Å²) < 4.78 is 57.6. The van der Waals surface area contributed by atoms with Crippen molar-refractivity contribution in [2.24, 2.45) is 5.41 Å². The Bertz CT molecular complexity index is 649. The first kappa shape index (κ1) is 18.0. The first-order valence-corrected chi connectivity index (χ1v) is 7.08. The minimum atomic E-state index is -4.97. The molecule has 1 aliphatic rings. The molecular formula is C15H15F4NO4. The molecule has 0 bridgehead atoms. The molecule has 132 valence electrons. The highest BCUT2D eigenvalue weighted by atomic mass is 19.4. The van der Waals surface area contributed by atoms with Gasteiger partial charge >= 0.3 is 12.1 Å². The maximum Gasteiger partial charge on any atom is 0.406 e. The van der Waals surface area contributed by atoms with Gasteiger partial charge in [-0.25, -0.2) is 4.39 Å². The molecule has 0 spiro atoms. The second-order valence-electron chi connectivity index (χ2n) is 5.61. The Morgan fingerprint density at radius 1 is 1.38 bits per heavy atom. The third kappa shape index (κ3) is 3.29. The van der Waals surface area contributed by atoms with Crippen molar-refractivity contribution >= 4 is 11.9 Å². The zero-order valence-corrected chi connectivity index (χ0v) is 12.6. The molecule has 0 saturated carbocycles. The van der Waals surface area contributed by atoms with Crippen molar-refractivity contribution in [2.45, 2.75) is 25.6 Å². The lowest BCUT2D eigenvalue weighted by Gasteiger charge is -2.28. The molecule has 1 aromatic carbocycles. The van der Waals surface area contributed by atoms with Crippen LogP contribution in [0.1, 0.15) is 13.3 Å². The highest BCUT2D eigenvalue weighted by Crippen LogP contribution is 2.45. The summed E-state index contributed by atoms with van der Waals surface area (Å²) in [6, 6.07) is 4.96. The van der Waals surface area contributed by atoms with E-state index in [0.29, 0.717) is 0 Å². The third-order valence-electron chi connectivity index (χ3n) is 3.99. The molecule has 1 aromatic rings. The van der Waals surface area contributed by atoms with E-state index < -0.39 is 48.4 Å². The van der Waals surface area contributed by atoms with Gasteiger partial charge in [0.2, 0.25) is 0 Å². The van der Waals surface area contributed by atoms with Crippen molar-refractivity contribution < 1.29 is 37.0 Å². The van der Waals surface area contributed by atoms with Gasteiger partial charge in [0.1, 0.15) is 11.6 Å². The molecule has 9 heteroatoms. The summed E-state index contributed by atoms with van der Waals surface area (Å²) in [5.74, 6) is -3.33. The molecule has 24 heavy (non-hydrogen) atoms. The fourth-order valence-corrected chi connectivity index (χ4v) is 2.58. The average molecular weight is 349 g/mol. The van der Waals surface area contributed by atoms with Crippen LogP contribution in [0.3, 0.4) is 0 Å². The number of carbonyl (C=O) groups excluding carboxylic acids is 1. The minimum absolute atomic E-state index is 0.0513. The van der Waals surface area contributed by atoms with E-state index in [4.69, 9.17) is 9.84 Å². The smallest absolute Gasteiger partial charge is 0.406 e. The van der Waals surface area contributed by atoms with Crippen molar-refractivity contribution in [2.75, 3.05) is 13.1 Å². The summed E-state index contributed by atoms with van der Waals surface area (Å²) in [4.78, 5) is 24.1. The highest BCUT2D eigenvalue weighted by molar-refractivity contribution is 5.84. The largest absolute Gasteiger partial charge is 0.481 e. The van der Waals surface area contributed by atoms with Gasteiger partial charge in [0.25, 0.3) is 5.91 Å². The maximum absolute atomic E-state index is 13.1. The van der Waals surface area contributed by atoms with Crippen LogP contribution in [-0.2, 0) is 9.59 Å². The molecule has 2 unspecified atom stereocenters. The number of carboxylic acid groups (broad SMARTS) is 1. The predicted octanol–water partition coefficient (Wildman–Crippen LogP) is 2.46. The molecule has 0 aliphatic carbocycles. The number of hydrogen-bond acceptors (Lipinski definition) is 3. The van der Waals surface area contributed by atoms with E-state index in [0.717, 1.165) is 11.0 Å². The van der Waals surface area contributed by atoms with E-state index in [2.05, 4.69) is 0 Å². The fraction of sp³-hybridized carbons (Fsp3) is 0.467. The first-order valence-electron chi connectivity index (χ1n) is 7.08. The number of halogens is 4. The predicted molar refractivity (Wildman–Crippen MR) is 73.8 cm³/mol. The number of hydrogen-bond donors (Lipinski definition) is 1. The Kier molecular flexibility index (Phi) is 4.73. The monoisotopic (exact) mass is 349 g/mol. The van der Waals surface area contributed by atoms with Crippen LogP contribution in [-0.4, -0.2) is 47.3 Å². The zero-order valence-electron chi connectivity index (χ0n) is 12.6. The van der Waals surface area contributed by atoms with Gasteiger partial charge in [-0.15, -0.1) is 0 Å². The lowest BCUT2D eigenvalue weighted by atomic mass is 9.86. The molecule has 1 amide bonds. The van der Waals surface area contributed by atoms with Crippen LogP contribution >= 0.6 is 0 Å². The van der Waals surface area contributed by atoms with Crippen LogP contribution in [0.4, 0.5) is 17.6 Å². The van der Waals surface area contributed by atoms with E-state index in [-0.39, 0.29) is 12.3 Å². The molecule has 1 aliphatic heterocycles. The van der Waals surface area contributed by atoms with Crippen molar-refractivity contribution in [3.05, 3.63) is 30.1 Å². The number of nitrogens with zero attached hydrogens (tertiary/aromatic N) is 1. The summed E-state index contributed by atoms with van der Waals surface area (Å²) in [7, 11) is 0. The van der Waals surface area contributed by atoms with Crippen LogP contribution in [0.15, 0.2) is 24.3 Å². The molecule has 0 radical (unpaired) electrons. The van der Waals surface area contributed by atoms with Gasteiger partial charge in [-0.3, -0.25) is 9.59 Å².